The van der Waals surface area contributed by atoms with Gasteiger partial charge in [0.15, 0.2) is 5.78 Å². The average molecular weight is 382 g/mol. The van der Waals surface area contributed by atoms with Crippen LogP contribution < -0.4 is 9.44 Å². The molecule has 0 amide bonds. The maximum atomic E-state index is 12.2. The van der Waals surface area contributed by atoms with E-state index in [1.165, 1.54) is 31.2 Å². The lowest BCUT2D eigenvalue weighted by Crippen LogP contribution is -2.31. The van der Waals surface area contributed by atoms with Crippen molar-refractivity contribution in [1.29, 1.82) is 0 Å². The monoisotopic (exact) mass is 382 g/mol. The fraction of sp³-hybridized carbons (Fsp3) is 0.188. The molecule has 2 aromatic carbocycles. The van der Waals surface area contributed by atoms with Crippen molar-refractivity contribution in [2.45, 2.75) is 11.8 Å². The van der Waals surface area contributed by atoms with Gasteiger partial charge in [-0.15, -0.1) is 0 Å². The van der Waals surface area contributed by atoms with E-state index in [-0.39, 0.29) is 22.8 Å². The number of hydrogen-bond acceptors (Lipinski definition) is 5. The van der Waals surface area contributed by atoms with Gasteiger partial charge in [0.2, 0.25) is 20.0 Å². The Hall–Kier alpha value is -2.23. The highest BCUT2D eigenvalue weighted by Crippen LogP contribution is 2.12. The van der Waals surface area contributed by atoms with Gasteiger partial charge in [0.25, 0.3) is 0 Å². The molecule has 0 aliphatic carbocycles. The molecule has 0 fully saturated rings. The molecule has 0 radical (unpaired) electrons. The predicted molar refractivity (Wildman–Crippen MR) is 95.5 cm³/mol. The van der Waals surface area contributed by atoms with E-state index in [4.69, 9.17) is 0 Å². The lowest BCUT2D eigenvalue weighted by Gasteiger charge is -2.10. The van der Waals surface area contributed by atoms with Crippen molar-refractivity contribution in [2.24, 2.45) is 0 Å². The molecule has 7 nitrogen and oxygen atoms in total. The molecule has 2 aromatic rings. The molecule has 0 saturated heterocycles. The van der Waals surface area contributed by atoms with E-state index < -0.39 is 25.8 Å². The molecular formula is C16H18N2O5S2. The van der Waals surface area contributed by atoms with Gasteiger partial charge < -0.3 is 0 Å². The summed E-state index contributed by atoms with van der Waals surface area (Å²) in [6.45, 7) is 1.04. The average Bonchev–Trinajstić information content (AvgIpc) is 2.55. The molecule has 0 unspecified atom stereocenters. The molecule has 0 bridgehead atoms. The van der Waals surface area contributed by atoms with Gasteiger partial charge in [-0.1, -0.05) is 30.3 Å². The van der Waals surface area contributed by atoms with Crippen LogP contribution >= 0.6 is 0 Å². The summed E-state index contributed by atoms with van der Waals surface area (Å²) in [4.78, 5) is 11.3. The van der Waals surface area contributed by atoms with Gasteiger partial charge in [0.05, 0.1) is 10.6 Å². The van der Waals surface area contributed by atoms with Crippen molar-refractivity contribution in [3.63, 3.8) is 0 Å². The molecule has 2 N–H and O–H groups in total. The number of nitrogens with one attached hydrogen (secondary N) is 2. The number of para-hydroxylation sites is 1. The van der Waals surface area contributed by atoms with Crippen molar-refractivity contribution in [2.75, 3.05) is 17.0 Å². The maximum absolute atomic E-state index is 12.2. The van der Waals surface area contributed by atoms with E-state index in [1.807, 2.05) is 0 Å². The van der Waals surface area contributed by atoms with E-state index in [1.54, 1.807) is 30.3 Å². The number of benzene rings is 2. The summed E-state index contributed by atoms with van der Waals surface area (Å²) in [7, 11) is -7.60. The number of carbonyl (C=O) groups is 1. The van der Waals surface area contributed by atoms with Crippen molar-refractivity contribution in [1.82, 2.24) is 4.72 Å². The Kier molecular flexibility index (Phi) is 5.93. The second-order valence-corrected chi connectivity index (χ2v) is 8.88. The Morgan fingerprint density at radius 3 is 2.28 bits per heavy atom. The van der Waals surface area contributed by atoms with Crippen molar-refractivity contribution >= 4 is 31.5 Å². The van der Waals surface area contributed by atoms with Crippen LogP contribution in [0.25, 0.3) is 0 Å². The molecular weight excluding hydrogens is 364 g/mol. The fourth-order valence-electron chi connectivity index (χ4n) is 2.01. The summed E-state index contributed by atoms with van der Waals surface area (Å²) in [6, 6.07) is 13.9. The lowest BCUT2D eigenvalue weighted by atomic mass is 10.2. The first-order valence-electron chi connectivity index (χ1n) is 7.36. The number of ketones is 1. The number of rotatable bonds is 8. The van der Waals surface area contributed by atoms with Gasteiger partial charge in [-0.05, 0) is 31.2 Å². The predicted octanol–water partition coefficient (Wildman–Crippen LogP) is 1.61. The molecule has 9 heteroatoms. The Morgan fingerprint density at radius 1 is 0.960 bits per heavy atom. The van der Waals surface area contributed by atoms with Crippen LogP contribution in [0.1, 0.15) is 17.3 Å². The molecule has 0 aromatic heterocycles. The molecule has 134 valence electrons. The summed E-state index contributed by atoms with van der Waals surface area (Å²) in [5.41, 5.74) is 0.667. The van der Waals surface area contributed by atoms with E-state index in [0.29, 0.717) is 5.69 Å². The number of Topliss-reactive ketones (excluding diaryl/α,β-unsaturated/α-hetero) is 1. The number of sulfonamides is 2. The van der Waals surface area contributed by atoms with E-state index in [0.717, 1.165) is 0 Å². The summed E-state index contributed by atoms with van der Waals surface area (Å²) in [5, 5.41) is 0. The van der Waals surface area contributed by atoms with Gasteiger partial charge in [-0.3, -0.25) is 9.52 Å². The van der Waals surface area contributed by atoms with Crippen molar-refractivity contribution < 1.29 is 21.6 Å². The summed E-state index contributed by atoms with van der Waals surface area (Å²) < 4.78 is 53.0. The zero-order valence-electron chi connectivity index (χ0n) is 13.5. The van der Waals surface area contributed by atoms with Crippen LogP contribution in [0.4, 0.5) is 5.69 Å². The van der Waals surface area contributed by atoms with Crippen molar-refractivity contribution in [3.8, 4) is 0 Å². The first-order chi connectivity index (χ1) is 11.7. The normalized spacial score (nSPS) is 11.9. The minimum Gasteiger partial charge on any atom is -0.295 e. The van der Waals surface area contributed by atoms with Gasteiger partial charge in [-0.25, -0.2) is 21.6 Å². The standard InChI is InChI=1S/C16H18N2O5S2/c1-13(19)14-6-5-9-16(12-14)25(22,23)17-10-11-24(20,21)18-15-7-3-2-4-8-15/h2-9,12,17-18H,10-11H2,1H3. The van der Waals surface area contributed by atoms with E-state index in [2.05, 4.69) is 9.44 Å². The molecule has 0 spiro atoms. The van der Waals surface area contributed by atoms with Gasteiger partial charge in [0.1, 0.15) is 0 Å². The molecule has 2 rings (SSSR count). The third kappa shape index (κ3) is 5.66. The van der Waals surface area contributed by atoms with E-state index >= 15 is 0 Å². The Balaban J connectivity index is 2.00. The first kappa shape index (κ1) is 19.1. The topological polar surface area (TPSA) is 109 Å². The number of hydrogen-bond donors (Lipinski definition) is 2. The van der Waals surface area contributed by atoms with Crippen LogP contribution in [0, 0.1) is 0 Å². The highest BCUT2D eigenvalue weighted by molar-refractivity contribution is 7.92. The third-order valence-corrected chi connectivity index (χ3v) is 6.01. The zero-order chi connectivity index (χ0) is 18.5. The zero-order valence-corrected chi connectivity index (χ0v) is 15.1. The number of carbonyl (C=O) groups excluding carboxylic acids is 1. The highest BCUT2D eigenvalue weighted by Gasteiger charge is 2.17. The SMILES string of the molecule is CC(=O)c1cccc(S(=O)(=O)NCCS(=O)(=O)Nc2ccccc2)c1. The van der Waals surface area contributed by atoms with Gasteiger partial charge in [-0.2, -0.15) is 0 Å². The van der Waals surface area contributed by atoms with Crippen LogP contribution in [0.5, 0.6) is 0 Å². The molecule has 25 heavy (non-hydrogen) atoms. The van der Waals surface area contributed by atoms with Crippen LogP contribution in [0.15, 0.2) is 59.5 Å². The van der Waals surface area contributed by atoms with Crippen molar-refractivity contribution in [3.05, 3.63) is 60.2 Å². The third-order valence-electron chi connectivity index (χ3n) is 3.26. The summed E-state index contributed by atoms with van der Waals surface area (Å²) in [5.74, 6) is -0.681. The minimum absolute atomic E-state index is 0.0892. The second-order valence-electron chi connectivity index (χ2n) is 5.27. The summed E-state index contributed by atoms with van der Waals surface area (Å²) >= 11 is 0. The molecule has 0 atom stereocenters. The molecule has 0 heterocycles. The highest BCUT2D eigenvalue weighted by atomic mass is 32.2. The second kappa shape index (κ2) is 7.77. The summed E-state index contributed by atoms with van der Waals surface area (Å²) in [6.07, 6.45) is 0. The Morgan fingerprint density at radius 2 is 1.64 bits per heavy atom. The molecule has 0 saturated carbocycles. The quantitative estimate of drug-likeness (QED) is 0.674. The van der Waals surface area contributed by atoms with Crippen LogP contribution in [-0.2, 0) is 20.0 Å². The first-order valence-corrected chi connectivity index (χ1v) is 10.5. The molecule has 0 aliphatic rings. The maximum Gasteiger partial charge on any atom is 0.240 e. The fourth-order valence-corrected chi connectivity index (χ4v) is 4.19. The minimum atomic E-state index is -3.91. The van der Waals surface area contributed by atoms with Crippen LogP contribution in [0.3, 0.4) is 0 Å². The number of anilines is 1. The lowest BCUT2D eigenvalue weighted by molar-refractivity contribution is 0.101. The Bertz CT molecular complexity index is 955. The van der Waals surface area contributed by atoms with Crippen LogP contribution in [0.2, 0.25) is 0 Å². The molecule has 0 aliphatic heterocycles. The van der Waals surface area contributed by atoms with Gasteiger partial charge >= 0.3 is 0 Å². The van der Waals surface area contributed by atoms with Crippen LogP contribution in [-0.4, -0.2) is 34.9 Å². The Labute approximate surface area is 147 Å². The largest absolute Gasteiger partial charge is 0.295 e. The van der Waals surface area contributed by atoms with Gasteiger partial charge in [0, 0.05) is 17.8 Å². The smallest absolute Gasteiger partial charge is 0.240 e. The van der Waals surface area contributed by atoms with E-state index in [9.17, 15) is 21.6 Å².